The van der Waals surface area contributed by atoms with Crippen LogP contribution < -0.4 is 0 Å². The molecule has 0 aliphatic rings. The minimum Gasteiger partial charge on any atom is -0.395 e. The third-order valence-electron chi connectivity index (χ3n) is 8.66. The molecule has 0 fully saturated rings. The first-order chi connectivity index (χ1) is 23.4. The van der Waals surface area contributed by atoms with Crippen molar-refractivity contribution in [2.45, 2.75) is 173 Å². The molecule has 48 heavy (non-hydrogen) atoms. The maximum absolute atomic E-state index is 9.19. The van der Waals surface area contributed by atoms with E-state index in [4.69, 9.17) is 25.7 Å². The standard InChI is InChI=1S/C40H81NO5S2/c1-5-7-9-11-13-14-15-16-17-18-19-20-21-23-27-31-40(44-38-39(47)30-26-22-12-10-8-6-2)46-48(3,4)45-37-29-25-24-28-32-41(33-35-42)34-36-43/h13-14,16-17,39-40,42-43,47H,5-12,15,18-38H2,1-4H3/b14-13-,17-16-. The highest BCUT2D eigenvalue weighted by Gasteiger charge is 2.19. The Kier molecular flexibility index (Phi) is 36.7. The number of nitrogens with zero attached hydrogens (tertiary/aromatic N) is 1. The zero-order valence-corrected chi connectivity index (χ0v) is 33.8. The maximum Gasteiger partial charge on any atom is 0.180 e. The summed E-state index contributed by atoms with van der Waals surface area (Å²) < 4.78 is 19.2. The molecule has 0 bridgehead atoms. The quantitative estimate of drug-likeness (QED) is 0.0255. The Bertz CT molecular complexity index is 703. The summed E-state index contributed by atoms with van der Waals surface area (Å²) in [4.78, 5) is 2.12. The third-order valence-corrected chi connectivity index (χ3v) is 10.5. The van der Waals surface area contributed by atoms with Crippen LogP contribution in [0.5, 0.6) is 0 Å². The van der Waals surface area contributed by atoms with Crippen LogP contribution in [0.2, 0.25) is 0 Å². The third kappa shape index (κ3) is 34.4. The summed E-state index contributed by atoms with van der Waals surface area (Å²) in [5.74, 6) is 0. The lowest BCUT2D eigenvalue weighted by molar-refractivity contribution is -0.0829. The van der Waals surface area contributed by atoms with Crippen LogP contribution in [0.4, 0.5) is 0 Å². The minimum absolute atomic E-state index is 0.139. The number of aliphatic hydroxyl groups excluding tert-OH is 2. The zero-order valence-electron chi connectivity index (χ0n) is 32.1. The van der Waals surface area contributed by atoms with E-state index in [0.29, 0.717) is 26.3 Å². The zero-order chi connectivity index (χ0) is 35.4. The highest BCUT2D eigenvalue weighted by molar-refractivity contribution is 8.24. The van der Waals surface area contributed by atoms with Gasteiger partial charge in [-0.05, 0) is 64.3 Å². The first-order valence-corrected chi connectivity index (χ1v) is 22.8. The van der Waals surface area contributed by atoms with Crippen molar-refractivity contribution in [1.29, 1.82) is 0 Å². The van der Waals surface area contributed by atoms with Crippen molar-refractivity contribution in [3.05, 3.63) is 24.3 Å². The highest BCUT2D eigenvalue weighted by Crippen LogP contribution is 2.45. The lowest BCUT2D eigenvalue weighted by atomic mass is 10.1. The van der Waals surface area contributed by atoms with Crippen molar-refractivity contribution in [2.75, 3.05) is 58.6 Å². The molecule has 0 aromatic carbocycles. The second-order valence-corrected chi connectivity index (χ2v) is 17.2. The van der Waals surface area contributed by atoms with Crippen LogP contribution in [-0.2, 0) is 13.1 Å². The Labute approximate surface area is 306 Å². The lowest BCUT2D eigenvalue weighted by Gasteiger charge is -2.38. The van der Waals surface area contributed by atoms with Gasteiger partial charge in [-0.25, -0.2) is 0 Å². The highest BCUT2D eigenvalue weighted by atomic mass is 32.3. The molecule has 0 aliphatic carbocycles. The van der Waals surface area contributed by atoms with Gasteiger partial charge in [-0.15, -0.1) is 0 Å². The van der Waals surface area contributed by atoms with E-state index in [1.165, 1.54) is 96.3 Å². The van der Waals surface area contributed by atoms with Crippen LogP contribution in [0.3, 0.4) is 0 Å². The summed E-state index contributed by atoms with van der Waals surface area (Å²) in [6, 6.07) is 0. The van der Waals surface area contributed by atoms with Gasteiger partial charge < -0.3 is 14.9 Å². The summed E-state index contributed by atoms with van der Waals surface area (Å²) in [6.07, 6.45) is 40.9. The van der Waals surface area contributed by atoms with E-state index >= 15 is 0 Å². The van der Waals surface area contributed by atoms with E-state index in [1.807, 2.05) is 0 Å². The molecule has 0 spiro atoms. The van der Waals surface area contributed by atoms with Crippen LogP contribution in [-0.4, -0.2) is 85.2 Å². The minimum atomic E-state index is -1.68. The van der Waals surface area contributed by atoms with Gasteiger partial charge >= 0.3 is 0 Å². The maximum atomic E-state index is 9.19. The first-order valence-electron chi connectivity index (χ1n) is 20.0. The van der Waals surface area contributed by atoms with E-state index in [0.717, 1.165) is 57.9 Å². The molecule has 0 heterocycles. The molecule has 2 N–H and O–H groups in total. The molecule has 288 valence electrons. The largest absolute Gasteiger partial charge is 0.395 e. The molecule has 0 radical (unpaired) electrons. The molecule has 2 atom stereocenters. The van der Waals surface area contributed by atoms with Crippen molar-refractivity contribution in [1.82, 2.24) is 4.90 Å². The topological polar surface area (TPSA) is 71.4 Å². The Morgan fingerprint density at radius 2 is 1.15 bits per heavy atom. The Morgan fingerprint density at radius 3 is 1.79 bits per heavy atom. The molecular weight excluding hydrogens is 639 g/mol. The molecule has 0 rings (SSSR count). The fraction of sp³-hybridized carbons (Fsp3) is 0.900. The molecule has 2 unspecified atom stereocenters. The molecule has 0 saturated carbocycles. The van der Waals surface area contributed by atoms with Gasteiger partial charge in [-0.2, -0.15) is 23.2 Å². The number of thiol groups is 1. The van der Waals surface area contributed by atoms with Crippen LogP contribution in [0.15, 0.2) is 24.3 Å². The van der Waals surface area contributed by atoms with Gasteiger partial charge in [0.1, 0.15) is 0 Å². The van der Waals surface area contributed by atoms with Crippen molar-refractivity contribution in [3.8, 4) is 0 Å². The van der Waals surface area contributed by atoms with Gasteiger partial charge in [0.25, 0.3) is 0 Å². The molecule has 0 saturated heterocycles. The molecule has 6 nitrogen and oxygen atoms in total. The number of aliphatic hydroxyl groups is 2. The fourth-order valence-electron chi connectivity index (χ4n) is 5.70. The summed E-state index contributed by atoms with van der Waals surface area (Å²) in [7, 11) is -1.68. The SMILES string of the molecule is CCCCC/C=C\C/C=C\CCCCCCCC(OCC(S)CCCCCCCC)OS(C)(C)OCCCCCCN(CCO)CCO. The van der Waals surface area contributed by atoms with Crippen molar-refractivity contribution in [2.24, 2.45) is 0 Å². The second-order valence-electron chi connectivity index (χ2n) is 13.8. The van der Waals surface area contributed by atoms with E-state index < -0.39 is 10.6 Å². The number of rotatable bonds is 38. The monoisotopic (exact) mass is 720 g/mol. The van der Waals surface area contributed by atoms with Gasteiger partial charge in [-0.1, -0.05) is 122 Å². The van der Waals surface area contributed by atoms with Crippen molar-refractivity contribution < 1.29 is 23.3 Å². The van der Waals surface area contributed by atoms with Gasteiger partial charge in [0.05, 0.1) is 26.4 Å². The number of unbranched alkanes of at least 4 members (excludes halogenated alkanes) is 16. The van der Waals surface area contributed by atoms with Crippen LogP contribution >= 0.6 is 23.2 Å². The Hall–Kier alpha value is -0.0600. The normalized spacial score (nSPS) is 14.2. The van der Waals surface area contributed by atoms with Crippen LogP contribution in [0, 0.1) is 0 Å². The lowest BCUT2D eigenvalue weighted by Crippen LogP contribution is -2.30. The fourth-order valence-corrected chi connectivity index (χ4v) is 7.21. The van der Waals surface area contributed by atoms with Crippen molar-refractivity contribution in [3.63, 3.8) is 0 Å². The molecule has 0 amide bonds. The van der Waals surface area contributed by atoms with Crippen LogP contribution in [0.1, 0.15) is 162 Å². The molecule has 0 aliphatic heterocycles. The molecule has 8 heteroatoms. The Morgan fingerprint density at radius 1 is 0.625 bits per heavy atom. The Balaban J connectivity index is 4.45. The second kappa shape index (κ2) is 36.7. The predicted octanol–water partition coefficient (Wildman–Crippen LogP) is 11.0. The summed E-state index contributed by atoms with van der Waals surface area (Å²) in [6.45, 7) is 8.30. The van der Waals surface area contributed by atoms with Gasteiger partial charge in [0.2, 0.25) is 0 Å². The summed E-state index contributed by atoms with van der Waals surface area (Å²) in [5.41, 5.74) is 0. The smallest absolute Gasteiger partial charge is 0.180 e. The average molecular weight is 720 g/mol. The number of allylic oxidation sites excluding steroid dienone is 4. The molecule has 0 aromatic rings. The molecule has 0 aromatic heterocycles. The van der Waals surface area contributed by atoms with Gasteiger partial charge in [0, 0.05) is 37.3 Å². The number of ether oxygens (including phenoxy) is 1. The van der Waals surface area contributed by atoms with E-state index in [1.54, 1.807) is 0 Å². The van der Waals surface area contributed by atoms with Gasteiger partial charge in [0.15, 0.2) is 6.29 Å². The molecular formula is C40H81NO5S2. The van der Waals surface area contributed by atoms with Gasteiger partial charge in [-0.3, -0.25) is 13.3 Å². The van der Waals surface area contributed by atoms with E-state index in [-0.39, 0.29) is 24.8 Å². The number of hydrogen-bond donors (Lipinski definition) is 3. The predicted molar refractivity (Wildman–Crippen MR) is 215 cm³/mol. The van der Waals surface area contributed by atoms with Crippen LogP contribution in [0.25, 0.3) is 0 Å². The summed E-state index contributed by atoms with van der Waals surface area (Å²) in [5, 5.41) is 18.6. The van der Waals surface area contributed by atoms with E-state index in [2.05, 4.69) is 55.6 Å². The van der Waals surface area contributed by atoms with Crippen molar-refractivity contribution >= 4 is 23.2 Å². The van der Waals surface area contributed by atoms with E-state index in [9.17, 15) is 10.2 Å². The average Bonchev–Trinajstić information content (AvgIpc) is 3.06. The first kappa shape index (κ1) is 47.9. The summed E-state index contributed by atoms with van der Waals surface area (Å²) >= 11 is 4.85. The number of hydrogen-bond acceptors (Lipinski definition) is 7.